The highest BCUT2D eigenvalue weighted by Gasteiger charge is 2.33. The Bertz CT molecular complexity index is 1110. The lowest BCUT2D eigenvalue weighted by molar-refractivity contribution is -0.125. The minimum atomic E-state index is -0.837. The molecule has 30 heavy (non-hydrogen) atoms. The summed E-state index contributed by atoms with van der Waals surface area (Å²) in [5.74, 6) is 0.327. The minimum Gasteiger partial charge on any atom is -0.493 e. The van der Waals surface area contributed by atoms with Crippen molar-refractivity contribution in [2.24, 2.45) is 0 Å². The molecule has 1 aliphatic rings. The summed E-state index contributed by atoms with van der Waals surface area (Å²) < 4.78 is 25.2. The Hall–Kier alpha value is -3.88. The molecule has 2 aromatic carbocycles. The van der Waals surface area contributed by atoms with Crippen LogP contribution in [-0.4, -0.2) is 35.8 Å². The van der Waals surface area contributed by atoms with E-state index in [9.17, 15) is 14.0 Å². The predicted molar refractivity (Wildman–Crippen MR) is 108 cm³/mol. The van der Waals surface area contributed by atoms with E-state index in [4.69, 9.17) is 9.47 Å². The monoisotopic (exact) mass is 410 g/mol. The molecule has 154 valence electrons. The Morgan fingerprint density at radius 3 is 2.60 bits per heavy atom. The summed E-state index contributed by atoms with van der Waals surface area (Å²) in [6, 6.07) is 9.98. The molecule has 9 heteroatoms. The van der Waals surface area contributed by atoms with Gasteiger partial charge in [0.25, 0.3) is 0 Å². The zero-order valence-electron chi connectivity index (χ0n) is 16.3. The van der Waals surface area contributed by atoms with Crippen molar-refractivity contribution in [2.75, 3.05) is 24.9 Å². The molecule has 3 aromatic rings. The lowest BCUT2D eigenvalue weighted by Crippen LogP contribution is -2.35. The molecule has 2 heterocycles. The minimum absolute atomic E-state index is 0.0589. The zero-order chi connectivity index (χ0) is 21.3. The fourth-order valence-corrected chi connectivity index (χ4v) is 3.35. The second-order valence-electron chi connectivity index (χ2n) is 6.69. The van der Waals surface area contributed by atoms with Gasteiger partial charge in [-0.2, -0.15) is 5.10 Å². The summed E-state index contributed by atoms with van der Waals surface area (Å²) in [5, 5.41) is 9.84. The molecule has 1 aliphatic heterocycles. The van der Waals surface area contributed by atoms with Gasteiger partial charge in [0.1, 0.15) is 17.7 Å². The van der Waals surface area contributed by atoms with E-state index in [1.54, 1.807) is 36.5 Å². The number of hydrogen-bond donors (Lipinski definition) is 2. The van der Waals surface area contributed by atoms with Crippen LogP contribution in [0.25, 0.3) is 11.1 Å². The molecule has 1 atom stereocenters. The summed E-state index contributed by atoms with van der Waals surface area (Å²) in [7, 11) is 3.02. The lowest BCUT2D eigenvalue weighted by atomic mass is 10.1. The standard InChI is InChI=1S/C21H19FN4O4/c1-29-17-8-7-14(9-18(17)30-2)24-21(28)16-10-19(27)25-20-15(11-23-26(16)20)12-3-5-13(22)6-4-12/h3-9,11,16H,10H2,1-2H3,(H,24,28)(H,25,27). The van der Waals surface area contributed by atoms with Crippen molar-refractivity contribution in [3.63, 3.8) is 0 Å². The fraction of sp³-hybridized carbons (Fsp3) is 0.190. The average molecular weight is 410 g/mol. The van der Waals surface area contributed by atoms with Gasteiger partial charge in [0.15, 0.2) is 11.5 Å². The van der Waals surface area contributed by atoms with Crippen LogP contribution in [0.15, 0.2) is 48.7 Å². The second-order valence-corrected chi connectivity index (χ2v) is 6.69. The van der Waals surface area contributed by atoms with Crippen molar-refractivity contribution in [2.45, 2.75) is 12.5 Å². The van der Waals surface area contributed by atoms with E-state index in [0.717, 1.165) is 0 Å². The van der Waals surface area contributed by atoms with Crippen LogP contribution in [-0.2, 0) is 9.59 Å². The number of halogens is 1. The summed E-state index contributed by atoms with van der Waals surface area (Å²) in [5.41, 5.74) is 1.78. The van der Waals surface area contributed by atoms with Crippen molar-refractivity contribution in [3.8, 4) is 22.6 Å². The van der Waals surface area contributed by atoms with Gasteiger partial charge in [-0.05, 0) is 29.8 Å². The van der Waals surface area contributed by atoms with Crippen molar-refractivity contribution in [3.05, 3.63) is 54.5 Å². The zero-order valence-corrected chi connectivity index (χ0v) is 16.3. The summed E-state index contributed by atoms with van der Waals surface area (Å²) in [6.07, 6.45) is 1.49. The van der Waals surface area contributed by atoms with Gasteiger partial charge in [-0.25, -0.2) is 9.07 Å². The number of benzene rings is 2. The number of carbonyl (C=O) groups is 2. The maximum atomic E-state index is 13.2. The second kappa shape index (κ2) is 7.86. The number of nitrogens with zero attached hydrogens (tertiary/aromatic N) is 2. The topological polar surface area (TPSA) is 94.5 Å². The molecule has 0 saturated heterocycles. The normalized spacial score (nSPS) is 15.2. The third-order valence-corrected chi connectivity index (χ3v) is 4.84. The third-order valence-electron chi connectivity index (χ3n) is 4.84. The Morgan fingerprint density at radius 1 is 1.17 bits per heavy atom. The molecule has 8 nitrogen and oxygen atoms in total. The average Bonchev–Trinajstić information content (AvgIpc) is 3.17. The van der Waals surface area contributed by atoms with E-state index in [1.165, 1.54) is 31.0 Å². The number of rotatable bonds is 5. The van der Waals surface area contributed by atoms with Crippen LogP contribution in [0.3, 0.4) is 0 Å². The SMILES string of the molecule is COc1ccc(NC(=O)C2CC(=O)Nc3c(-c4ccc(F)cc4)cnn32)cc1OC. The Morgan fingerprint density at radius 2 is 1.90 bits per heavy atom. The lowest BCUT2D eigenvalue weighted by Gasteiger charge is -2.24. The van der Waals surface area contributed by atoms with E-state index in [1.807, 2.05) is 0 Å². The highest BCUT2D eigenvalue weighted by Crippen LogP contribution is 2.35. The first-order valence-electron chi connectivity index (χ1n) is 9.16. The summed E-state index contributed by atoms with van der Waals surface area (Å²) >= 11 is 0. The first kappa shape index (κ1) is 19.4. The van der Waals surface area contributed by atoms with Gasteiger partial charge in [-0.15, -0.1) is 0 Å². The number of amides is 2. The van der Waals surface area contributed by atoms with Crippen LogP contribution in [0.5, 0.6) is 11.5 Å². The van der Waals surface area contributed by atoms with Crippen LogP contribution in [0.4, 0.5) is 15.9 Å². The number of anilines is 2. The molecule has 1 unspecified atom stereocenters. The molecular weight excluding hydrogens is 391 g/mol. The maximum Gasteiger partial charge on any atom is 0.249 e. The molecule has 1 aromatic heterocycles. The van der Waals surface area contributed by atoms with Crippen molar-refractivity contribution < 1.29 is 23.5 Å². The fourth-order valence-electron chi connectivity index (χ4n) is 3.35. The molecule has 0 spiro atoms. The van der Waals surface area contributed by atoms with E-state index < -0.39 is 11.9 Å². The van der Waals surface area contributed by atoms with Crippen molar-refractivity contribution in [1.29, 1.82) is 0 Å². The van der Waals surface area contributed by atoms with Crippen molar-refractivity contribution >= 4 is 23.3 Å². The highest BCUT2D eigenvalue weighted by molar-refractivity contribution is 6.03. The van der Waals surface area contributed by atoms with Gasteiger partial charge in [-0.3, -0.25) is 9.59 Å². The first-order valence-corrected chi connectivity index (χ1v) is 9.16. The van der Waals surface area contributed by atoms with E-state index in [0.29, 0.717) is 34.1 Å². The molecule has 0 bridgehead atoms. The molecular formula is C21H19FN4O4. The van der Waals surface area contributed by atoms with E-state index in [2.05, 4.69) is 15.7 Å². The van der Waals surface area contributed by atoms with Gasteiger partial charge in [0, 0.05) is 17.3 Å². The largest absolute Gasteiger partial charge is 0.493 e. The summed E-state index contributed by atoms with van der Waals surface area (Å²) in [6.45, 7) is 0. The smallest absolute Gasteiger partial charge is 0.249 e. The Labute approximate surface area is 171 Å². The highest BCUT2D eigenvalue weighted by atomic mass is 19.1. The number of hydrogen-bond acceptors (Lipinski definition) is 5. The summed E-state index contributed by atoms with van der Waals surface area (Å²) in [4.78, 5) is 25.2. The predicted octanol–water partition coefficient (Wildman–Crippen LogP) is 3.23. The molecule has 4 rings (SSSR count). The number of carbonyl (C=O) groups excluding carboxylic acids is 2. The molecule has 0 aliphatic carbocycles. The van der Waals surface area contributed by atoms with Crippen LogP contribution in [0.2, 0.25) is 0 Å². The van der Waals surface area contributed by atoms with Crippen molar-refractivity contribution in [1.82, 2.24) is 9.78 Å². The molecule has 0 fully saturated rings. The molecule has 2 amide bonds. The quantitative estimate of drug-likeness (QED) is 0.674. The first-order chi connectivity index (χ1) is 14.5. The van der Waals surface area contributed by atoms with Gasteiger partial charge >= 0.3 is 0 Å². The molecule has 0 radical (unpaired) electrons. The van der Waals surface area contributed by atoms with Crippen LogP contribution >= 0.6 is 0 Å². The Balaban J connectivity index is 1.62. The number of nitrogens with one attached hydrogen (secondary N) is 2. The van der Waals surface area contributed by atoms with Crippen LogP contribution < -0.4 is 20.1 Å². The maximum absolute atomic E-state index is 13.2. The van der Waals surface area contributed by atoms with E-state index in [-0.39, 0.29) is 18.1 Å². The van der Waals surface area contributed by atoms with Crippen LogP contribution in [0, 0.1) is 5.82 Å². The molecule has 0 saturated carbocycles. The number of aromatic nitrogens is 2. The number of methoxy groups -OCH3 is 2. The Kier molecular flexibility index (Phi) is 5.09. The van der Waals surface area contributed by atoms with Gasteiger partial charge in [0.05, 0.1) is 26.8 Å². The number of fused-ring (bicyclic) bond motifs is 1. The van der Waals surface area contributed by atoms with Gasteiger partial charge < -0.3 is 20.1 Å². The number of ether oxygens (including phenoxy) is 2. The third kappa shape index (κ3) is 3.57. The van der Waals surface area contributed by atoms with Gasteiger partial charge in [-0.1, -0.05) is 12.1 Å². The van der Waals surface area contributed by atoms with Crippen LogP contribution in [0.1, 0.15) is 12.5 Å². The van der Waals surface area contributed by atoms with E-state index >= 15 is 0 Å². The van der Waals surface area contributed by atoms with Gasteiger partial charge in [0.2, 0.25) is 11.8 Å². The molecule has 2 N–H and O–H groups in total.